The number of H-pyrrole nitrogens is 1. The maximum absolute atomic E-state index is 13.7. The van der Waals surface area contributed by atoms with E-state index >= 15 is 0 Å². The van der Waals surface area contributed by atoms with E-state index in [1.165, 1.54) is 0 Å². The molecule has 0 unspecified atom stereocenters. The van der Waals surface area contributed by atoms with Crippen LogP contribution in [0.25, 0.3) is 16.5 Å². The number of carbonyl (C=O) groups excluding carboxylic acids is 2. The first-order valence-corrected chi connectivity index (χ1v) is 12.7. The van der Waals surface area contributed by atoms with Gasteiger partial charge in [-0.2, -0.15) is 0 Å². The Morgan fingerprint density at radius 3 is 2.54 bits per heavy atom. The molecule has 0 saturated carbocycles. The Bertz CT molecular complexity index is 1100. The maximum Gasteiger partial charge on any atom is 0.342 e. The van der Waals surface area contributed by atoms with Crippen LogP contribution in [-0.4, -0.2) is 90.1 Å². The van der Waals surface area contributed by atoms with Gasteiger partial charge in [0.2, 0.25) is 0 Å². The van der Waals surface area contributed by atoms with Crippen LogP contribution in [0.3, 0.4) is 0 Å². The number of para-hydroxylation sites is 1. The lowest BCUT2D eigenvalue weighted by atomic mass is 9.82. The van der Waals surface area contributed by atoms with Crippen molar-refractivity contribution in [3.8, 4) is 0 Å². The summed E-state index contributed by atoms with van der Waals surface area (Å²) in [5.41, 5.74) is 2.78. The van der Waals surface area contributed by atoms with Gasteiger partial charge in [0.25, 0.3) is 0 Å². The lowest BCUT2D eigenvalue weighted by Gasteiger charge is -2.38. The number of esters is 1. The van der Waals surface area contributed by atoms with Gasteiger partial charge in [0.05, 0.1) is 17.4 Å². The fourth-order valence-corrected chi connectivity index (χ4v) is 5.13. The largest absolute Gasteiger partial charge is 0.459 e. The molecule has 3 heterocycles. The van der Waals surface area contributed by atoms with Crippen LogP contribution < -0.4 is 5.32 Å². The molecular weight excluding hydrogens is 442 g/mol. The minimum Gasteiger partial charge on any atom is -0.459 e. The molecule has 1 fully saturated rings. The first-order chi connectivity index (χ1) is 16.7. The lowest BCUT2D eigenvalue weighted by Crippen LogP contribution is -2.53. The molecular formula is C27H39N5O3. The quantitative estimate of drug-likeness (QED) is 0.488. The van der Waals surface area contributed by atoms with Gasteiger partial charge in [0, 0.05) is 68.3 Å². The van der Waals surface area contributed by atoms with Crippen molar-refractivity contribution >= 4 is 28.5 Å². The van der Waals surface area contributed by atoms with Crippen molar-refractivity contribution in [1.82, 2.24) is 25.0 Å². The van der Waals surface area contributed by atoms with Crippen LogP contribution in [0.2, 0.25) is 0 Å². The first-order valence-electron chi connectivity index (χ1n) is 12.7. The summed E-state index contributed by atoms with van der Waals surface area (Å²) in [4.78, 5) is 36.4. The minimum absolute atomic E-state index is 0.0614. The van der Waals surface area contributed by atoms with Gasteiger partial charge in [-0.1, -0.05) is 39.0 Å². The van der Waals surface area contributed by atoms with Crippen molar-refractivity contribution in [3.63, 3.8) is 0 Å². The summed E-state index contributed by atoms with van der Waals surface area (Å²) < 4.78 is 5.61. The van der Waals surface area contributed by atoms with E-state index in [1.54, 1.807) is 11.1 Å². The van der Waals surface area contributed by atoms with E-state index in [0.29, 0.717) is 25.2 Å². The second-order valence-electron chi connectivity index (χ2n) is 10.4. The molecule has 2 aliphatic heterocycles. The third-order valence-electron chi connectivity index (χ3n) is 6.81. The second kappa shape index (κ2) is 10.4. The molecule has 2 N–H and O–H groups in total. The van der Waals surface area contributed by atoms with E-state index in [9.17, 15) is 9.59 Å². The molecule has 190 valence electrons. The fraction of sp³-hybridized carbons (Fsp3) is 0.556. The van der Waals surface area contributed by atoms with Crippen LogP contribution >= 0.6 is 0 Å². The van der Waals surface area contributed by atoms with Gasteiger partial charge in [-0.25, -0.2) is 9.59 Å². The van der Waals surface area contributed by atoms with Crippen LogP contribution in [-0.2, 0) is 14.9 Å². The number of fused-ring (bicyclic) bond motifs is 3. The summed E-state index contributed by atoms with van der Waals surface area (Å²) >= 11 is 0. The molecule has 0 radical (unpaired) electrons. The van der Waals surface area contributed by atoms with Crippen molar-refractivity contribution in [2.75, 3.05) is 52.4 Å². The highest BCUT2D eigenvalue weighted by Crippen LogP contribution is 2.40. The Hall–Kier alpha value is -2.84. The fourth-order valence-electron chi connectivity index (χ4n) is 5.13. The standard InChI is InChI=1S/C27H39N5O3/c1-6-28-11-12-30-13-15-31(16-14-30)26(34)32-17-21(25(33)35-19(2)3)24-23(27(4,5)18-32)20-9-7-8-10-22(20)29-24/h7-10,17,19,28-29H,6,11-16,18H2,1-5H3. The summed E-state index contributed by atoms with van der Waals surface area (Å²) in [5.74, 6) is -0.420. The number of carbonyl (C=O) groups is 2. The predicted octanol–water partition coefficient (Wildman–Crippen LogP) is 3.40. The lowest BCUT2D eigenvalue weighted by molar-refractivity contribution is -0.140. The number of aromatic nitrogens is 1. The number of piperazine rings is 1. The summed E-state index contributed by atoms with van der Waals surface area (Å²) in [6.45, 7) is 16.5. The Morgan fingerprint density at radius 2 is 1.86 bits per heavy atom. The molecule has 0 bridgehead atoms. The molecule has 2 aliphatic rings. The summed E-state index contributed by atoms with van der Waals surface area (Å²) in [6.07, 6.45) is 1.44. The van der Waals surface area contributed by atoms with Crippen molar-refractivity contribution in [2.24, 2.45) is 0 Å². The smallest absolute Gasteiger partial charge is 0.342 e. The number of ether oxygens (including phenoxy) is 1. The average molecular weight is 482 g/mol. The SMILES string of the molecule is CCNCCN1CCN(C(=O)N2C=C(C(=O)OC(C)C)c3[nH]c4ccccc4c3C(C)(C)C2)CC1. The Labute approximate surface area is 208 Å². The Balaban J connectivity index is 1.63. The normalized spacial score (nSPS) is 18.4. The van der Waals surface area contributed by atoms with Gasteiger partial charge in [-0.3, -0.25) is 9.80 Å². The van der Waals surface area contributed by atoms with Crippen LogP contribution in [0.1, 0.15) is 45.9 Å². The number of urea groups is 1. The monoisotopic (exact) mass is 481 g/mol. The Kier molecular flexibility index (Phi) is 7.52. The van der Waals surface area contributed by atoms with Crippen molar-refractivity contribution in [1.29, 1.82) is 0 Å². The van der Waals surface area contributed by atoms with E-state index < -0.39 is 5.97 Å². The van der Waals surface area contributed by atoms with E-state index in [0.717, 1.165) is 54.9 Å². The number of aromatic amines is 1. The van der Waals surface area contributed by atoms with Gasteiger partial charge in [-0.15, -0.1) is 0 Å². The molecule has 0 spiro atoms. The number of rotatable bonds is 6. The highest BCUT2D eigenvalue weighted by Gasteiger charge is 2.38. The van der Waals surface area contributed by atoms with Crippen molar-refractivity contribution < 1.29 is 14.3 Å². The number of nitrogens with zero attached hydrogens (tertiary/aromatic N) is 3. The molecule has 2 amide bonds. The zero-order valence-electron chi connectivity index (χ0n) is 21.7. The number of nitrogens with one attached hydrogen (secondary N) is 2. The van der Waals surface area contributed by atoms with Gasteiger partial charge in [0.15, 0.2) is 0 Å². The summed E-state index contributed by atoms with van der Waals surface area (Å²) in [5, 5.41) is 4.43. The van der Waals surface area contributed by atoms with Gasteiger partial charge >= 0.3 is 12.0 Å². The molecule has 1 aromatic carbocycles. The van der Waals surface area contributed by atoms with Gasteiger partial charge in [0.1, 0.15) is 0 Å². The molecule has 4 rings (SSSR count). The third kappa shape index (κ3) is 5.38. The molecule has 0 aliphatic carbocycles. The maximum atomic E-state index is 13.7. The Morgan fingerprint density at radius 1 is 1.14 bits per heavy atom. The van der Waals surface area contributed by atoms with Crippen LogP contribution in [0.5, 0.6) is 0 Å². The second-order valence-corrected chi connectivity index (χ2v) is 10.4. The number of benzene rings is 1. The number of hydrogen-bond donors (Lipinski definition) is 2. The number of hydrogen-bond acceptors (Lipinski definition) is 5. The molecule has 8 heteroatoms. The highest BCUT2D eigenvalue weighted by atomic mass is 16.5. The van der Waals surface area contributed by atoms with Crippen LogP contribution in [0, 0.1) is 0 Å². The summed E-state index contributed by atoms with van der Waals surface area (Å²) in [6, 6.07) is 8.01. The van der Waals surface area contributed by atoms with Crippen molar-refractivity contribution in [2.45, 2.75) is 46.1 Å². The highest BCUT2D eigenvalue weighted by molar-refractivity contribution is 6.18. The van der Waals surface area contributed by atoms with Crippen molar-refractivity contribution in [3.05, 3.63) is 41.7 Å². The third-order valence-corrected chi connectivity index (χ3v) is 6.81. The number of likely N-dealkylation sites (N-methyl/N-ethyl adjacent to an activating group) is 1. The van der Waals surface area contributed by atoms with Gasteiger partial charge in [-0.05, 0) is 32.0 Å². The van der Waals surface area contributed by atoms with E-state index in [2.05, 4.69) is 42.0 Å². The van der Waals surface area contributed by atoms with E-state index in [4.69, 9.17) is 4.74 Å². The molecule has 2 aromatic rings. The van der Waals surface area contributed by atoms with Crippen LogP contribution in [0.15, 0.2) is 30.5 Å². The topological polar surface area (TPSA) is 80.9 Å². The predicted molar refractivity (Wildman–Crippen MR) is 139 cm³/mol. The molecule has 8 nitrogen and oxygen atoms in total. The summed E-state index contributed by atoms with van der Waals surface area (Å²) in [7, 11) is 0. The van der Waals surface area contributed by atoms with E-state index in [1.807, 2.05) is 36.9 Å². The molecule has 35 heavy (non-hydrogen) atoms. The molecule has 1 aromatic heterocycles. The van der Waals surface area contributed by atoms with Gasteiger partial charge < -0.3 is 19.9 Å². The molecule has 1 saturated heterocycles. The minimum atomic E-state index is -0.420. The number of amides is 2. The average Bonchev–Trinajstić information content (AvgIpc) is 3.16. The zero-order valence-corrected chi connectivity index (χ0v) is 21.7. The van der Waals surface area contributed by atoms with E-state index in [-0.39, 0.29) is 17.6 Å². The zero-order chi connectivity index (χ0) is 25.2. The van der Waals surface area contributed by atoms with Crippen LogP contribution in [0.4, 0.5) is 4.79 Å². The molecule has 0 atom stereocenters. The first kappa shape index (κ1) is 25.3.